The van der Waals surface area contributed by atoms with Gasteiger partial charge in [0.05, 0.1) is 5.01 Å². The van der Waals surface area contributed by atoms with Gasteiger partial charge in [-0.2, -0.15) is 0 Å². The van der Waals surface area contributed by atoms with Crippen molar-refractivity contribution < 1.29 is 0 Å². The fourth-order valence-corrected chi connectivity index (χ4v) is 4.00. The Balaban J connectivity index is 1.96. The van der Waals surface area contributed by atoms with Crippen LogP contribution in [0.25, 0.3) is 0 Å². The van der Waals surface area contributed by atoms with Crippen molar-refractivity contribution in [3.63, 3.8) is 0 Å². The predicted octanol–water partition coefficient (Wildman–Crippen LogP) is 3.66. The second-order valence-electron chi connectivity index (χ2n) is 5.83. The van der Waals surface area contributed by atoms with Crippen molar-refractivity contribution in [2.45, 2.75) is 46.5 Å². The molecule has 2 rings (SSSR count). The van der Waals surface area contributed by atoms with Gasteiger partial charge in [-0.1, -0.05) is 20.3 Å². The van der Waals surface area contributed by atoms with Crippen LogP contribution < -0.4 is 5.32 Å². The number of nitrogens with one attached hydrogen (secondary N) is 1. The number of nitrogens with zero attached hydrogens (tertiary/aromatic N) is 1. The molecule has 0 aromatic carbocycles. The summed E-state index contributed by atoms with van der Waals surface area (Å²) in [4.78, 5) is 4.64. The quantitative estimate of drug-likeness (QED) is 0.880. The highest BCUT2D eigenvalue weighted by Crippen LogP contribution is 2.36. The van der Waals surface area contributed by atoms with Crippen LogP contribution in [-0.4, -0.2) is 18.1 Å². The second kappa shape index (κ2) is 6.67. The largest absolute Gasteiger partial charge is 0.317 e. The lowest BCUT2D eigenvalue weighted by Crippen LogP contribution is -2.33. The average molecular weight is 266 g/mol. The molecule has 18 heavy (non-hydrogen) atoms. The molecule has 1 aromatic heterocycles. The van der Waals surface area contributed by atoms with Gasteiger partial charge in [0.25, 0.3) is 0 Å². The highest BCUT2D eigenvalue weighted by molar-refractivity contribution is 7.09. The molecule has 0 amide bonds. The van der Waals surface area contributed by atoms with Crippen LogP contribution in [-0.2, 0) is 6.42 Å². The third-order valence-electron chi connectivity index (χ3n) is 4.16. The zero-order valence-corrected chi connectivity index (χ0v) is 12.7. The highest BCUT2D eigenvalue weighted by atomic mass is 32.1. The number of thiazole rings is 1. The molecule has 1 saturated carbocycles. The Bertz CT molecular complexity index is 359. The van der Waals surface area contributed by atoms with Gasteiger partial charge in [-0.15, -0.1) is 11.3 Å². The van der Waals surface area contributed by atoms with E-state index in [9.17, 15) is 0 Å². The minimum absolute atomic E-state index is 0.832. The van der Waals surface area contributed by atoms with E-state index >= 15 is 0 Å². The first-order chi connectivity index (χ1) is 8.69. The van der Waals surface area contributed by atoms with Gasteiger partial charge in [0.1, 0.15) is 0 Å². The topological polar surface area (TPSA) is 24.9 Å². The molecule has 0 saturated heterocycles. The molecule has 3 atom stereocenters. The Morgan fingerprint density at radius 3 is 2.89 bits per heavy atom. The Morgan fingerprint density at radius 1 is 1.39 bits per heavy atom. The van der Waals surface area contributed by atoms with Gasteiger partial charge in [0, 0.05) is 17.5 Å². The molecule has 0 spiro atoms. The van der Waals surface area contributed by atoms with E-state index in [2.05, 4.69) is 36.5 Å². The van der Waals surface area contributed by atoms with E-state index in [1.165, 1.54) is 42.9 Å². The van der Waals surface area contributed by atoms with E-state index in [4.69, 9.17) is 0 Å². The third-order valence-corrected chi connectivity index (χ3v) is 5.15. The molecule has 3 unspecified atom stereocenters. The van der Waals surface area contributed by atoms with Gasteiger partial charge in [0.2, 0.25) is 0 Å². The minimum Gasteiger partial charge on any atom is -0.317 e. The Morgan fingerprint density at radius 2 is 2.22 bits per heavy atom. The summed E-state index contributed by atoms with van der Waals surface area (Å²) in [6.45, 7) is 8.99. The molecule has 1 fully saturated rings. The van der Waals surface area contributed by atoms with E-state index in [-0.39, 0.29) is 0 Å². The molecule has 1 heterocycles. The maximum absolute atomic E-state index is 4.64. The SMILES string of the molecule is CCNCC1CCC(C)CC1Cc1nc(C)cs1. The molecule has 0 bridgehead atoms. The van der Waals surface area contributed by atoms with Crippen molar-refractivity contribution >= 4 is 11.3 Å². The van der Waals surface area contributed by atoms with Crippen LogP contribution >= 0.6 is 11.3 Å². The zero-order chi connectivity index (χ0) is 13.0. The summed E-state index contributed by atoms with van der Waals surface area (Å²) in [6.07, 6.45) is 5.38. The second-order valence-corrected chi connectivity index (χ2v) is 6.78. The van der Waals surface area contributed by atoms with Crippen molar-refractivity contribution in [1.29, 1.82) is 0 Å². The van der Waals surface area contributed by atoms with E-state index in [0.717, 1.165) is 24.3 Å². The normalized spacial score (nSPS) is 28.5. The molecular weight excluding hydrogens is 240 g/mol. The number of hydrogen-bond donors (Lipinski definition) is 1. The Hall–Kier alpha value is -0.410. The van der Waals surface area contributed by atoms with Crippen molar-refractivity contribution in [2.24, 2.45) is 17.8 Å². The van der Waals surface area contributed by atoms with Crippen molar-refractivity contribution in [3.05, 3.63) is 16.1 Å². The number of aromatic nitrogens is 1. The first kappa shape index (κ1) is 14.0. The molecule has 102 valence electrons. The lowest BCUT2D eigenvalue weighted by Gasteiger charge is -2.34. The maximum atomic E-state index is 4.64. The van der Waals surface area contributed by atoms with Crippen LogP contribution in [0.1, 0.15) is 43.8 Å². The summed E-state index contributed by atoms with van der Waals surface area (Å²) in [7, 11) is 0. The van der Waals surface area contributed by atoms with Crippen LogP contribution in [0.3, 0.4) is 0 Å². The van der Waals surface area contributed by atoms with Crippen molar-refractivity contribution in [3.8, 4) is 0 Å². The number of rotatable bonds is 5. The van der Waals surface area contributed by atoms with Gasteiger partial charge >= 0.3 is 0 Å². The smallest absolute Gasteiger partial charge is 0.0930 e. The van der Waals surface area contributed by atoms with Gasteiger partial charge in [-0.25, -0.2) is 4.98 Å². The maximum Gasteiger partial charge on any atom is 0.0930 e. The van der Waals surface area contributed by atoms with Gasteiger partial charge in [-0.05, 0) is 50.6 Å². The number of aryl methyl sites for hydroxylation is 1. The molecule has 2 nitrogen and oxygen atoms in total. The molecule has 0 radical (unpaired) electrons. The molecule has 1 aliphatic rings. The van der Waals surface area contributed by atoms with Crippen LogP contribution in [0.2, 0.25) is 0 Å². The minimum atomic E-state index is 0.832. The first-order valence-corrected chi connectivity index (χ1v) is 8.18. The van der Waals surface area contributed by atoms with Crippen LogP contribution in [0.15, 0.2) is 5.38 Å². The van der Waals surface area contributed by atoms with Crippen LogP contribution in [0.5, 0.6) is 0 Å². The summed E-state index contributed by atoms with van der Waals surface area (Å²) in [5.41, 5.74) is 1.18. The zero-order valence-electron chi connectivity index (χ0n) is 11.9. The van der Waals surface area contributed by atoms with Gasteiger partial charge in [0.15, 0.2) is 0 Å². The van der Waals surface area contributed by atoms with E-state index in [1.807, 2.05) is 11.3 Å². The van der Waals surface area contributed by atoms with Gasteiger partial charge < -0.3 is 5.32 Å². The fraction of sp³-hybridized carbons (Fsp3) is 0.800. The highest BCUT2D eigenvalue weighted by Gasteiger charge is 2.28. The molecule has 0 aliphatic heterocycles. The monoisotopic (exact) mass is 266 g/mol. The third kappa shape index (κ3) is 3.79. The number of hydrogen-bond acceptors (Lipinski definition) is 3. The lowest BCUT2D eigenvalue weighted by molar-refractivity contribution is 0.184. The van der Waals surface area contributed by atoms with Crippen LogP contribution in [0.4, 0.5) is 0 Å². The summed E-state index contributed by atoms with van der Waals surface area (Å²) in [5.74, 6) is 2.58. The fourth-order valence-electron chi connectivity index (χ4n) is 3.13. The standard InChI is InChI=1S/C15H26N2S/c1-4-16-9-13-6-5-11(2)7-14(13)8-15-17-12(3)10-18-15/h10-11,13-14,16H,4-9H2,1-3H3. The molecular formula is C15H26N2S. The van der Waals surface area contributed by atoms with E-state index in [0.29, 0.717) is 0 Å². The molecule has 1 aliphatic carbocycles. The van der Waals surface area contributed by atoms with Crippen molar-refractivity contribution in [1.82, 2.24) is 10.3 Å². The Kier molecular flexibility index (Phi) is 5.19. The summed E-state index contributed by atoms with van der Waals surface area (Å²) in [5, 5.41) is 7.06. The summed E-state index contributed by atoms with van der Waals surface area (Å²) in [6, 6.07) is 0. The van der Waals surface area contributed by atoms with E-state index < -0.39 is 0 Å². The van der Waals surface area contributed by atoms with Crippen molar-refractivity contribution in [2.75, 3.05) is 13.1 Å². The van der Waals surface area contributed by atoms with Gasteiger partial charge in [-0.3, -0.25) is 0 Å². The molecule has 1 N–H and O–H groups in total. The Labute approximate surface area is 115 Å². The predicted molar refractivity (Wildman–Crippen MR) is 79.1 cm³/mol. The van der Waals surface area contributed by atoms with E-state index in [1.54, 1.807) is 0 Å². The summed E-state index contributed by atoms with van der Waals surface area (Å²) < 4.78 is 0. The average Bonchev–Trinajstić information content (AvgIpc) is 2.74. The summed E-state index contributed by atoms with van der Waals surface area (Å²) >= 11 is 1.84. The molecule has 1 aromatic rings. The van der Waals surface area contributed by atoms with Crippen LogP contribution in [0, 0.1) is 24.7 Å². The first-order valence-electron chi connectivity index (χ1n) is 7.30. The molecule has 3 heteroatoms. The lowest BCUT2D eigenvalue weighted by atomic mass is 9.73.